The second kappa shape index (κ2) is 5.50. The van der Waals surface area contributed by atoms with Crippen molar-refractivity contribution in [2.45, 2.75) is 38.1 Å². The smallest absolute Gasteiger partial charge is 0.259 e. The number of nitrogens with two attached hydrogens (primary N) is 1. The summed E-state index contributed by atoms with van der Waals surface area (Å²) < 4.78 is 19.0. The van der Waals surface area contributed by atoms with Crippen LogP contribution in [0.1, 0.15) is 38.4 Å². The molecule has 0 atom stereocenters. The fourth-order valence-electron chi connectivity index (χ4n) is 2.70. The lowest BCUT2D eigenvalue weighted by molar-refractivity contribution is 0.230. The van der Waals surface area contributed by atoms with Gasteiger partial charge in [0, 0.05) is 4.47 Å². The number of rotatable bonds is 2. The fraction of sp³-hybridized carbons (Fsp3) is 0.467. The molecule has 0 bridgehead atoms. The van der Waals surface area contributed by atoms with Crippen LogP contribution in [0.25, 0.3) is 11.5 Å². The van der Waals surface area contributed by atoms with Crippen LogP contribution in [0, 0.1) is 11.7 Å². The molecule has 1 aliphatic rings. The highest BCUT2D eigenvalue weighted by molar-refractivity contribution is 9.10. The topological polar surface area (TPSA) is 64.9 Å². The molecule has 6 heteroatoms. The first-order chi connectivity index (χ1) is 9.98. The molecule has 0 radical (unpaired) electrons. The van der Waals surface area contributed by atoms with E-state index in [0.717, 1.165) is 25.7 Å². The molecule has 21 heavy (non-hydrogen) atoms. The van der Waals surface area contributed by atoms with Crippen LogP contribution in [0.15, 0.2) is 27.2 Å². The van der Waals surface area contributed by atoms with Gasteiger partial charge in [0.15, 0.2) is 5.82 Å². The van der Waals surface area contributed by atoms with Gasteiger partial charge in [0.2, 0.25) is 0 Å². The summed E-state index contributed by atoms with van der Waals surface area (Å²) in [6.45, 7) is 2.23. The van der Waals surface area contributed by atoms with Crippen LogP contribution in [0.5, 0.6) is 0 Å². The van der Waals surface area contributed by atoms with Crippen LogP contribution in [0.3, 0.4) is 0 Å². The Labute approximate surface area is 131 Å². The van der Waals surface area contributed by atoms with Crippen LogP contribution in [-0.2, 0) is 5.54 Å². The second-order valence-corrected chi connectivity index (χ2v) is 6.74. The molecule has 0 saturated heterocycles. The Hall–Kier alpha value is -1.27. The van der Waals surface area contributed by atoms with Gasteiger partial charge in [-0.25, -0.2) is 4.39 Å². The first-order valence-electron chi connectivity index (χ1n) is 7.06. The number of halogens is 2. The summed E-state index contributed by atoms with van der Waals surface area (Å²) in [5.41, 5.74) is 6.60. The summed E-state index contributed by atoms with van der Waals surface area (Å²) in [5.74, 6) is 1.28. The fourth-order valence-corrected chi connectivity index (χ4v) is 3.22. The van der Waals surface area contributed by atoms with E-state index in [1.807, 2.05) is 0 Å². The molecule has 1 saturated carbocycles. The molecule has 112 valence electrons. The van der Waals surface area contributed by atoms with Gasteiger partial charge in [0.1, 0.15) is 5.82 Å². The van der Waals surface area contributed by atoms with Crippen LogP contribution >= 0.6 is 15.9 Å². The highest BCUT2D eigenvalue weighted by Crippen LogP contribution is 2.37. The summed E-state index contributed by atoms with van der Waals surface area (Å²) in [7, 11) is 0. The average Bonchev–Trinajstić information content (AvgIpc) is 2.92. The Morgan fingerprint density at radius 3 is 2.76 bits per heavy atom. The van der Waals surface area contributed by atoms with Gasteiger partial charge in [0.25, 0.3) is 5.89 Å². The zero-order chi connectivity index (χ0) is 15.0. The number of nitrogens with zero attached hydrogens (tertiary/aromatic N) is 2. The Kier molecular flexibility index (Phi) is 3.84. The van der Waals surface area contributed by atoms with Crippen molar-refractivity contribution in [3.8, 4) is 11.5 Å². The van der Waals surface area contributed by atoms with Crippen molar-refractivity contribution in [3.63, 3.8) is 0 Å². The van der Waals surface area contributed by atoms with E-state index in [-0.39, 0.29) is 5.82 Å². The summed E-state index contributed by atoms with van der Waals surface area (Å²) in [6, 6.07) is 4.35. The molecule has 2 aromatic rings. The molecule has 0 spiro atoms. The van der Waals surface area contributed by atoms with Crippen LogP contribution in [-0.4, -0.2) is 10.1 Å². The average molecular weight is 354 g/mol. The lowest BCUT2D eigenvalue weighted by Crippen LogP contribution is -2.41. The Morgan fingerprint density at radius 2 is 2.10 bits per heavy atom. The predicted molar refractivity (Wildman–Crippen MR) is 80.9 cm³/mol. The third kappa shape index (κ3) is 2.87. The molecule has 1 heterocycles. The molecule has 2 N–H and O–H groups in total. The second-order valence-electron chi connectivity index (χ2n) is 5.89. The van der Waals surface area contributed by atoms with Crippen molar-refractivity contribution in [1.29, 1.82) is 0 Å². The van der Waals surface area contributed by atoms with Crippen molar-refractivity contribution >= 4 is 15.9 Å². The van der Waals surface area contributed by atoms with Gasteiger partial charge in [-0.1, -0.05) is 12.1 Å². The van der Waals surface area contributed by atoms with Gasteiger partial charge in [0.05, 0.1) is 11.1 Å². The van der Waals surface area contributed by atoms with Gasteiger partial charge in [-0.3, -0.25) is 0 Å². The minimum absolute atomic E-state index is 0.318. The van der Waals surface area contributed by atoms with E-state index in [1.165, 1.54) is 12.1 Å². The molecular formula is C15H17BrFN3O. The van der Waals surface area contributed by atoms with E-state index in [1.54, 1.807) is 6.07 Å². The van der Waals surface area contributed by atoms with Crippen LogP contribution in [0.4, 0.5) is 4.39 Å². The number of benzene rings is 1. The highest BCUT2D eigenvalue weighted by atomic mass is 79.9. The van der Waals surface area contributed by atoms with Crippen molar-refractivity contribution < 1.29 is 8.91 Å². The summed E-state index contributed by atoms with van der Waals surface area (Å²) in [6.07, 6.45) is 3.86. The molecule has 1 aromatic carbocycles. The number of hydrogen-bond acceptors (Lipinski definition) is 4. The maximum Gasteiger partial charge on any atom is 0.259 e. The monoisotopic (exact) mass is 353 g/mol. The first-order valence-corrected chi connectivity index (χ1v) is 7.86. The lowest BCUT2D eigenvalue weighted by atomic mass is 9.77. The molecule has 3 rings (SSSR count). The molecule has 4 nitrogen and oxygen atoms in total. The third-order valence-electron chi connectivity index (χ3n) is 4.20. The van der Waals surface area contributed by atoms with Gasteiger partial charge in [-0.15, -0.1) is 0 Å². The maximum atomic E-state index is 13.1. The quantitative estimate of drug-likeness (QED) is 0.885. The summed E-state index contributed by atoms with van der Waals surface area (Å²) in [4.78, 5) is 4.44. The number of aromatic nitrogens is 2. The minimum Gasteiger partial charge on any atom is -0.334 e. The zero-order valence-corrected chi connectivity index (χ0v) is 13.4. The third-order valence-corrected chi connectivity index (χ3v) is 4.86. The van der Waals surface area contributed by atoms with E-state index in [0.29, 0.717) is 27.7 Å². The lowest BCUT2D eigenvalue weighted by Gasteiger charge is -2.33. The predicted octanol–water partition coefficient (Wildman–Crippen LogP) is 4.00. The Balaban J connectivity index is 1.89. The van der Waals surface area contributed by atoms with Gasteiger partial charge >= 0.3 is 0 Å². The number of hydrogen-bond donors (Lipinski definition) is 1. The van der Waals surface area contributed by atoms with E-state index < -0.39 is 5.54 Å². The Morgan fingerprint density at radius 1 is 1.38 bits per heavy atom. The van der Waals surface area contributed by atoms with E-state index >= 15 is 0 Å². The van der Waals surface area contributed by atoms with Crippen molar-refractivity contribution in [2.75, 3.05) is 0 Å². The van der Waals surface area contributed by atoms with Crippen molar-refractivity contribution in [1.82, 2.24) is 10.1 Å². The minimum atomic E-state index is -0.513. The standard InChI is InChI=1S/C15H17BrFN3O/c1-9-4-6-15(18,7-5-9)14-19-13(21-20-14)11-3-2-10(17)8-12(11)16/h2-3,8-9H,4-7,18H2,1H3. The van der Waals surface area contributed by atoms with Crippen LogP contribution < -0.4 is 5.73 Å². The van der Waals surface area contributed by atoms with Crippen molar-refractivity contribution in [2.24, 2.45) is 11.7 Å². The van der Waals surface area contributed by atoms with E-state index in [2.05, 4.69) is 33.0 Å². The van der Waals surface area contributed by atoms with Crippen LogP contribution in [0.2, 0.25) is 0 Å². The van der Waals surface area contributed by atoms with Gasteiger partial charge in [-0.2, -0.15) is 4.98 Å². The van der Waals surface area contributed by atoms with Gasteiger partial charge in [-0.05, 0) is 65.7 Å². The molecule has 1 aromatic heterocycles. The Bertz CT molecular complexity index is 650. The summed E-state index contributed by atoms with van der Waals surface area (Å²) in [5, 5.41) is 4.05. The summed E-state index contributed by atoms with van der Waals surface area (Å²) >= 11 is 3.31. The molecule has 1 aliphatic carbocycles. The molecule has 0 aliphatic heterocycles. The highest BCUT2D eigenvalue weighted by Gasteiger charge is 2.36. The van der Waals surface area contributed by atoms with Gasteiger partial charge < -0.3 is 10.3 Å². The molecular weight excluding hydrogens is 337 g/mol. The zero-order valence-electron chi connectivity index (χ0n) is 11.8. The first kappa shape index (κ1) is 14.7. The van der Waals surface area contributed by atoms with E-state index in [4.69, 9.17) is 10.3 Å². The SMILES string of the molecule is CC1CCC(N)(c2noc(-c3ccc(F)cc3Br)n2)CC1. The molecule has 0 amide bonds. The largest absolute Gasteiger partial charge is 0.334 e. The van der Waals surface area contributed by atoms with E-state index in [9.17, 15) is 4.39 Å². The normalized spacial score (nSPS) is 26.0. The van der Waals surface area contributed by atoms with Crippen molar-refractivity contribution in [3.05, 3.63) is 34.3 Å². The molecule has 0 unspecified atom stereocenters. The maximum absolute atomic E-state index is 13.1. The molecule has 1 fully saturated rings.